The van der Waals surface area contributed by atoms with Crippen LogP contribution in [0.15, 0.2) is 65.7 Å². The number of halogens is 1. The largest absolute Gasteiger partial charge is 0.492 e. The van der Waals surface area contributed by atoms with Crippen LogP contribution >= 0.6 is 11.3 Å². The summed E-state index contributed by atoms with van der Waals surface area (Å²) in [7, 11) is 0. The summed E-state index contributed by atoms with van der Waals surface area (Å²) in [4.78, 5) is 19.2. The highest BCUT2D eigenvalue weighted by Gasteiger charge is 2.17. The van der Waals surface area contributed by atoms with Gasteiger partial charge in [-0.05, 0) is 36.8 Å². The van der Waals surface area contributed by atoms with Crippen LogP contribution in [0.3, 0.4) is 0 Å². The van der Waals surface area contributed by atoms with Gasteiger partial charge in [-0.2, -0.15) is 0 Å². The van der Waals surface area contributed by atoms with E-state index in [4.69, 9.17) is 4.74 Å². The zero-order valence-corrected chi connectivity index (χ0v) is 15.5. The monoisotopic (exact) mass is 380 g/mol. The van der Waals surface area contributed by atoms with Gasteiger partial charge in [-0.1, -0.05) is 30.3 Å². The van der Waals surface area contributed by atoms with Crippen molar-refractivity contribution in [3.8, 4) is 16.9 Å². The predicted molar refractivity (Wildman–Crippen MR) is 106 cm³/mol. The van der Waals surface area contributed by atoms with Crippen LogP contribution in [0.2, 0.25) is 0 Å². The molecule has 0 aliphatic rings. The summed E-state index contributed by atoms with van der Waals surface area (Å²) in [6, 6.07) is 15.7. The van der Waals surface area contributed by atoms with Gasteiger partial charge < -0.3 is 4.74 Å². The Morgan fingerprint density at radius 3 is 2.59 bits per heavy atom. The Bertz CT molecular complexity index is 1130. The first-order chi connectivity index (χ1) is 13.1. The number of ether oxygens (including phenoxy) is 1. The number of aromatic nitrogens is 2. The summed E-state index contributed by atoms with van der Waals surface area (Å²) in [6.07, 6.45) is 1.56. The van der Waals surface area contributed by atoms with Gasteiger partial charge in [-0.25, -0.2) is 9.37 Å². The average Bonchev–Trinajstić information content (AvgIpc) is 3.02. The molecule has 0 fully saturated rings. The van der Waals surface area contributed by atoms with Gasteiger partial charge in [0.2, 0.25) is 0 Å². The smallest absolute Gasteiger partial charge is 0.262 e. The van der Waals surface area contributed by atoms with Gasteiger partial charge in [0.25, 0.3) is 5.56 Å². The van der Waals surface area contributed by atoms with Crippen molar-refractivity contribution in [2.45, 2.75) is 13.5 Å². The maximum atomic E-state index is 13.3. The second-order valence-corrected chi connectivity index (χ2v) is 7.33. The summed E-state index contributed by atoms with van der Waals surface area (Å²) in [5, 5.41) is 0.575. The van der Waals surface area contributed by atoms with Crippen molar-refractivity contribution in [1.82, 2.24) is 9.55 Å². The van der Waals surface area contributed by atoms with Crippen LogP contribution in [0, 0.1) is 12.7 Å². The molecule has 136 valence electrons. The third-order valence-corrected chi connectivity index (χ3v) is 5.35. The standard InChI is InChI=1S/C21H17FN2O2S/c1-14-18(15-7-9-16(22)10-8-15)19-20(27-14)23-13-24(21(19)25)11-12-26-17-5-3-2-4-6-17/h2-10,13H,11-12H2,1H3. The third-order valence-electron chi connectivity index (χ3n) is 4.33. The molecule has 2 heterocycles. The summed E-state index contributed by atoms with van der Waals surface area (Å²) >= 11 is 1.47. The predicted octanol–water partition coefficient (Wildman–Crippen LogP) is 4.65. The van der Waals surface area contributed by atoms with Gasteiger partial charge in [0.05, 0.1) is 18.3 Å². The van der Waals surface area contributed by atoms with Crippen LogP contribution < -0.4 is 10.3 Å². The van der Waals surface area contributed by atoms with Crippen LogP contribution in [0.25, 0.3) is 21.3 Å². The van der Waals surface area contributed by atoms with Crippen LogP contribution in [-0.2, 0) is 6.54 Å². The Kier molecular flexibility index (Phi) is 4.73. The van der Waals surface area contributed by atoms with E-state index in [0.29, 0.717) is 23.4 Å². The minimum atomic E-state index is -0.301. The molecule has 0 aliphatic heterocycles. The second-order valence-electron chi connectivity index (χ2n) is 6.12. The lowest BCUT2D eigenvalue weighted by Gasteiger charge is -2.08. The molecule has 2 aromatic heterocycles. The van der Waals surface area contributed by atoms with E-state index in [-0.39, 0.29) is 11.4 Å². The van der Waals surface area contributed by atoms with E-state index in [1.807, 2.05) is 37.3 Å². The van der Waals surface area contributed by atoms with Crippen molar-refractivity contribution in [2.24, 2.45) is 0 Å². The molecule has 4 aromatic rings. The molecule has 0 atom stereocenters. The normalized spacial score (nSPS) is 11.0. The number of nitrogens with zero attached hydrogens (tertiary/aromatic N) is 2. The maximum absolute atomic E-state index is 13.3. The highest BCUT2D eigenvalue weighted by molar-refractivity contribution is 7.19. The first-order valence-corrected chi connectivity index (χ1v) is 9.37. The minimum Gasteiger partial charge on any atom is -0.492 e. The third kappa shape index (κ3) is 3.48. The Morgan fingerprint density at radius 1 is 1.11 bits per heavy atom. The molecule has 0 unspecified atom stereocenters. The van der Waals surface area contributed by atoms with Crippen LogP contribution in [0.1, 0.15) is 4.88 Å². The number of benzene rings is 2. The van der Waals surface area contributed by atoms with Crippen molar-refractivity contribution >= 4 is 21.6 Å². The molecule has 0 spiro atoms. The van der Waals surface area contributed by atoms with Crippen molar-refractivity contribution in [3.05, 3.63) is 82.0 Å². The van der Waals surface area contributed by atoms with E-state index in [2.05, 4.69) is 4.98 Å². The number of hydrogen-bond acceptors (Lipinski definition) is 4. The summed E-state index contributed by atoms with van der Waals surface area (Å²) in [6.45, 7) is 2.72. The zero-order chi connectivity index (χ0) is 18.8. The summed E-state index contributed by atoms with van der Waals surface area (Å²) in [5.41, 5.74) is 1.53. The van der Waals surface area contributed by atoms with Gasteiger partial charge in [-0.3, -0.25) is 9.36 Å². The van der Waals surface area contributed by atoms with E-state index in [1.165, 1.54) is 23.5 Å². The molecule has 0 saturated heterocycles. The lowest BCUT2D eigenvalue weighted by Crippen LogP contribution is -2.23. The lowest BCUT2D eigenvalue weighted by molar-refractivity contribution is 0.296. The fraction of sp³-hybridized carbons (Fsp3) is 0.143. The number of thiophene rings is 1. The number of rotatable bonds is 5. The van der Waals surface area contributed by atoms with Crippen molar-refractivity contribution in [1.29, 1.82) is 0 Å². The van der Waals surface area contributed by atoms with Crippen LogP contribution in [0.5, 0.6) is 5.75 Å². The number of para-hydroxylation sites is 1. The number of hydrogen-bond donors (Lipinski definition) is 0. The van der Waals surface area contributed by atoms with Gasteiger partial charge in [-0.15, -0.1) is 11.3 Å². The molecule has 0 N–H and O–H groups in total. The fourth-order valence-corrected chi connectivity index (χ4v) is 4.04. The molecule has 27 heavy (non-hydrogen) atoms. The molecule has 4 rings (SSSR count). The van der Waals surface area contributed by atoms with Gasteiger partial charge >= 0.3 is 0 Å². The second kappa shape index (κ2) is 7.32. The first kappa shape index (κ1) is 17.4. The van der Waals surface area contributed by atoms with E-state index in [9.17, 15) is 9.18 Å². The van der Waals surface area contributed by atoms with E-state index in [1.54, 1.807) is 23.0 Å². The molecule has 6 heteroatoms. The van der Waals surface area contributed by atoms with Crippen molar-refractivity contribution < 1.29 is 9.13 Å². The molecule has 2 aromatic carbocycles. The number of fused-ring (bicyclic) bond motifs is 1. The Morgan fingerprint density at radius 2 is 1.85 bits per heavy atom. The quantitative estimate of drug-likeness (QED) is 0.506. The summed E-state index contributed by atoms with van der Waals surface area (Å²) < 4.78 is 20.5. The lowest BCUT2D eigenvalue weighted by atomic mass is 10.0. The molecule has 0 bridgehead atoms. The average molecular weight is 380 g/mol. The molecule has 0 radical (unpaired) electrons. The van der Waals surface area contributed by atoms with E-state index in [0.717, 1.165) is 21.8 Å². The maximum Gasteiger partial charge on any atom is 0.262 e. The van der Waals surface area contributed by atoms with Gasteiger partial charge in [0.1, 0.15) is 23.0 Å². The van der Waals surface area contributed by atoms with Crippen molar-refractivity contribution in [3.63, 3.8) is 0 Å². The topological polar surface area (TPSA) is 44.1 Å². The highest BCUT2D eigenvalue weighted by atomic mass is 32.1. The SMILES string of the molecule is Cc1sc2ncn(CCOc3ccccc3)c(=O)c2c1-c1ccc(F)cc1. The van der Waals surface area contributed by atoms with Crippen LogP contribution in [-0.4, -0.2) is 16.2 Å². The Balaban J connectivity index is 1.67. The van der Waals surface area contributed by atoms with Crippen LogP contribution in [0.4, 0.5) is 4.39 Å². The Labute approximate surface area is 159 Å². The highest BCUT2D eigenvalue weighted by Crippen LogP contribution is 2.35. The summed E-state index contributed by atoms with van der Waals surface area (Å²) in [5.74, 6) is 0.461. The Hall–Kier alpha value is -2.99. The fourth-order valence-electron chi connectivity index (χ4n) is 3.04. The molecule has 0 aliphatic carbocycles. The number of aryl methyl sites for hydroxylation is 1. The molecule has 0 amide bonds. The van der Waals surface area contributed by atoms with Gasteiger partial charge in [0, 0.05) is 10.4 Å². The molecule has 4 nitrogen and oxygen atoms in total. The minimum absolute atomic E-state index is 0.111. The molecule has 0 saturated carbocycles. The van der Waals surface area contributed by atoms with Crippen molar-refractivity contribution in [2.75, 3.05) is 6.61 Å². The molecular weight excluding hydrogens is 363 g/mol. The first-order valence-electron chi connectivity index (χ1n) is 8.56. The zero-order valence-electron chi connectivity index (χ0n) is 14.7. The molecular formula is C21H17FN2O2S. The van der Waals surface area contributed by atoms with E-state index < -0.39 is 0 Å². The van der Waals surface area contributed by atoms with E-state index >= 15 is 0 Å². The van der Waals surface area contributed by atoms with Gasteiger partial charge in [0.15, 0.2) is 0 Å².